The molecule has 28 heavy (non-hydrogen) atoms. The van der Waals surface area contributed by atoms with Crippen molar-refractivity contribution in [3.63, 3.8) is 0 Å². The molecule has 0 bridgehead atoms. The lowest BCUT2D eigenvalue weighted by Gasteiger charge is -2.04. The van der Waals surface area contributed by atoms with Gasteiger partial charge in [0.1, 0.15) is 5.75 Å². The number of carbonyl (C=O) groups is 1. The van der Waals surface area contributed by atoms with Gasteiger partial charge in [-0.3, -0.25) is 10.1 Å². The molecule has 3 aromatic rings. The summed E-state index contributed by atoms with van der Waals surface area (Å²) in [6.45, 7) is 4.79. The summed E-state index contributed by atoms with van der Waals surface area (Å²) in [7, 11) is 0. The van der Waals surface area contributed by atoms with E-state index in [1.807, 2.05) is 72.6 Å². The van der Waals surface area contributed by atoms with E-state index in [1.165, 1.54) is 23.3 Å². The third-order valence-electron chi connectivity index (χ3n) is 4.02. The maximum atomic E-state index is 12.5. The maximum absolute atomic E-state index is 12.5. The normalized spacial score (nSPS) is 10.6. The molecule has 0 fully saturated rings. The van der Waals surface area contributed by atoms with Crippen molar-refractivity contribution in [3.05, 3.63) is 65.0 Å². The average Bonchev–Trinajstić information content (AvgIpc) is 3.18. The highest BCUT2D eigenvalue weighted by Gasteiger charge is 2.10. The van der Waals surface area contributed by atoms with Crippen molar-refractivity contribution in [2.75, 3.05) is 17.7 Å². The Labute approximate surface area is 174 Å². The van der Waals surface area contributed by atoms with Crippen molar-refractivity contribution < 1.29 is 9.53 Å². The van der Waals surface area contributed by atoms with Crippen LogP contribution in [0.4, 0.5) is 5.13 Å². The van der Waals surface area contributed by atoms with Crippen LogP contribution in [0, 0.1) is 0 Å². The first-order valence-electron chi connectivity index (χ1n) is 9.36. The van der Waals surface area contributed by atoms with Gasteiger partial charge in [0.05, 0.1) is 12.3 Å². The van der Waals surface area contributed by atoms with Crippen molar-refractivity contribution in [2.45, 2.75) is 26.0 Å². The van der Waals surface area contributed by atoms with Gasteiger partial charge in [-0.2, -0.15) is 11.8 Å². The lowest BCUT2D eigenvalue weighted by Crippen LogP contribution is -2.11. The third kappa shape index (κ3) is 5.59. The van der Waals surface area contributed by atoms with Gasteiger partial charge in [-0.1, -0.05) is 19.1 Å². The van der Waals surface area contributed by atoms with Crippen molar-refractivity contribution in [1.82, 2.24) is 4.98 Å². The number of aromatic nitrogens is 1. The number of amides is 1. The van der Waals surface area contributed by atoms with E-state index in [-0.39, 0.29) is 5.91 Å². The van der Waals surface area contributed by atoms with Crippen molar-refractivity contribution in [1.29, 1.82) is 0 Å². The van der Waals surface area contributed by atoms with Crippen LogP contribution >= 0.6 is 23.1 Å². The van der Waals surface area contributed by atoms with Crippen LogP contribution in [0.25, 0.3) is 11.3 Å². The van der Waals surface area contributed by atoms with Gasteiger partial charge in [-0.05, 0) is 61.1 Å². The largest absolute Gasteiger partial charge is 0.494 e. The van der Waals surface area contributed by atoms with Gasteiger partial charge in [0.15, 0.2) is 5.13 Å². The van der Waals surface area contributed by atoms with Gasteiger partial charge in [0.25, 0.3) is 5.91 Å². The number of thioether (sulfide) groups is 1. The topological polar surface area (TPSA) is 51.2 Å². The SMILES string of the molecule is CCCSCc1ccc(C(=O)Nc2nc(-c3ccc(OCC)cc3)cs2)cc1. The zero-order valence-corrected chi connectivity index (χ0v) is 17.7. The highest BCUT2D eigenvalue weighted by molar-refractivity contribution is 7.98. The first-order valence-corrected chi connectivity index (χ1v) is 11.4. The molecular weight excluding hydrogens is 388 g/mol. The second-order valence-corrected chi connectivity index (χ2v) is 8.16. The molecule has 1 heterocycles. The minimum Gasteiger partial charge on any atom is -0.494 e. The second kappa shape index (κ2) is 10.3. The molecule has 0 spiro atoms. The standard InChI is InChI=1S/C22H24N2O2S2/c1-3-13-27-14-16-5-7-18(8-6-16)21(25)24-22-23-20(15-28-22)17-9-11-19(12-10-17)26-4-2/h5-12,15H,3-4,13-14H2,1-2H3,(H,23,24,25). The monoisotopic (exact) mass is 412 g/mol. The Morgan fingerprint density at radius 3 is 2.54 bits per heavy atom. The minimum atomic E-state index is -0.139. The molecule has 0 radical (unpaired) electrons. The van der Waals surface area contributed by atoms with Crippen molar-refractivity contribution in [2.24, 2.45) is 0 Å². The zero-order chi connectivity index (χ0) is 19.8. The molecule has 1 aromatic heterocycles. The molecule has 1 N–H and O–H groups in total. The van der Waals surface area contributed by atoms with E-state index < -0.39 is 0 Å². The predicted molar refractivity (Wildman–Crippen MR) is 120 cm³/mol. The summed E-state index contributed by atoms with van der Waals surface area (Å²) in [6, 6.07) is 15.6. The van der Waals surface area contributed by atoms with Gasteiger partial charge in [0, 0.05) is 22.3 Å². The van der Waals surface area contributed by atoms with E-state index in [1.54, 1.807) is 0 Å². The van der Waals surface area contributed by atoms with E-state index >= 15 is 0 Å². The molecule has 0 saturated heterocycles. The first-order chi connectivity index (χ1) is 13.7. The van der Waals surface area contributed by atoms with Crippen LogP contribution in [-0.2, 0) is 5.75 Å². The molecule has 0 saturated carbocycles. The maximum Gasteiger partial charge on any atom is 0.257 e. The molecule has 4 nitrogen and oxygen atoms in total. The molecule has 0 aliphatic heterocycles. The van der Waals surface area contributed by atoms with E-state index in [0.29, 0.717) is 17.3 Å². The van der Waals surface area contributed by atoms with Crippen LogP contribution in [0.2, 0.25) is 0 Å². The van der Waals surface area contributed by atoms with Crippen LogP contribution in [0.15, 0.2) is 53.9 Å². The summed E-state index contributed by atoms with van der Waals surface area (Å²) in [5, 5.41) is 5.43. The molecule has 0 aliphatic carbocycles. The molecule has 0 atom stereocenters. The van der Waals surface area contributed by atoms with E-state index in [0.717, 1.165) is 28.5 Å². The summed E-state index contributed by atoms with van der Waals surface area (Å²) in [6.07, 6.45) is 1.18. The number of nitrogens with zero attached hydrogens (tertiary/aromatic N) is 1. The van der Waals surface area contributed by atoms with Gasteiger partial charge >= 0.3 is 0 Å². The summed E-state index contributed by atoms with van der Waals surface area (Å²) in [4.78, 5) is 17.0. The molecule has 146 valence electrons. The molecule has 1 amide bonds. The molecule has 0 unspecified atom stereocenters. The summed E-state index contributed by atoms with van der Waals surface area (Å²) in [5.41, 5.74) is 3.71. The number of hydrogen-bond acceptors (Lipinski definition) is 5. The summed E-state index contributed by atoms with van der Waals surface area (Å²) >= 11 is 3.33. The Kier molecular flexibility index (Phi) is 7.51. The van der Waals surface area contributed by atoms with Crippen LogP contribution < -0.4 is 10.1 Å². The van der Waals surface area contributed by atoms with Crippen molar-refractivity contribution in [3.8, 4) is 17.0 Å². The van der Waals surface area contributed by atoms with E-state index in [9.17, 15) is 4.79 Å². The van der Waals surface area contributed by atoms with E-state index in [2.05, 4.69) is 17.2 Å². The Morgan fingerprint density at radius 1 is 1.11 bits per heavy atom. The van der Waals surface area contributed by atoms with Crippen molar-refractivity contribution >= 4 is 34.1 Å². The van der Waals surface area contributed by atoms with Gasteiger partial charge in [0.2, 0.25) is 0 Å². The van der Waals surface area contributed by atoms with Crippen LogP contribution in [0.5, 0.6) is 5.75 Å². The Balaban J connectivity index is 1.60. The average molecular weight is 413 g/mol. The predicted octanol–water partition coefficient (Wildman–Crippen LogP) is 6.10. The highest BCUT2D eigenvalue weighted by Crippen LogP contribution is 2.27. The number of rotatable bonds is 9. The molecule has 6 heteroatoms. The number of thiazole rings is 1. The number of anilines is 1. The molecule has 3 rings (SSSR count). The van der Waals surface area contributed by atoms with Crippen LogP contribution in [0.1, 0.15) is 36.2 Å². The lowest BCUT2D eigenvalue weighted by molar-refractivity contribution is 0.102. The summed E-state index contributed by atoms with van der Waals surface area (Å²) < 4.78 is 5.46. The fraction of sp³-hybridized carbons (Fsp3) is 0.273. The number of benzene rings is 2. The van der Waals surface area contributed by atoms with Gasteiger partial charge in [-0.15, -0.1) is 11.3 Å². The fourth-order valence-electron chi connectivity index (χ4n) is 2.61. The number of nitrogens with one attached hydrogen (secondary N) is 1. The Hall–Kier alpha value is -2.31. The smallest absolute Gasteiger partial charge is 0.257 e. The van der Waals surface area contributed by atoms with Crippen LogP contribution in [-0.4, -0.2) is 23.3 Å². The quantitative estimate of drug-likeness (QED) is 0.431. The second-order valence-electron chi connectivity index (χ2n) is 6.20. The Bertz CT molecular complexity index is 890. The number of ether oxygens (including phenoxy) is 1. The minimum absolute atomic E-state index is 0.139. The zero-order valence-electron chi connectivity index (χ0n) is 16.1. The van der Waals surface area contributed by atoms with E-state index in [4.69, 9.17) is 4.74 Å². The first kappa shape index (κ1) is 20.4. The van der Waals surface area contributed by atoms with Gasteiger partial charge in [-0.25, -0.2) is 4.98 Å². The Morgan fingerprint density at radius 2 is 1.86 bits per heavy atom. The molecular formula is C22H24N2O2S2. The third-order valence-corrected chi connectivity index (χ3v) is 6.01. The highest BCUT2D eigenvalue weighted by atomic mass is 32.2. The fourth-order valence-corrected chi connectivity index (χ4v) is 4.18. The lowest BCUT2D eigenvalue weighted by atomic mass is 10.1. The molecule has 2 aromatic carbocycles. The van der Waals surface area contributed by atoms with Crippen LogP contribution in [0.3, 0.4) is 0 Å². The summed E-state index contributed by atoms with van der Waals surface area (Å²) in [5.74, 6) is 2.84. The number of hydrogen-bond donors (Lipinski definition) is 1. The molecule has 0 aliphatic rings. The number of carbonyl (C=O) groups excluding carboxylic acids is 1. The van der Waals surface area contributed by atoms with Gasteiger partial charge < -0.3 is 4.74 Å².